The van der Waals surface area contributed by atoms with E-state index >= 15 is 0 Å². The van der Waals surface area contributed by atoms with E-state index in [1.54, 1.807) is 30.6 Å². The van der Waals surface area contributed by atoms with Crippen LogP contribution in [0.4, 0.5) is 26.0 Å². The first-order valence-corrected chi connectivity index (χ1v) is 11.4. The van der Waals surface area contributed by atoms with Gasteiger partial charge >= 0.3 is 5.69 Å². The molecule has 0 bridgehead atoms. The van der Waals surface area contributed by atoms with Gasteiger partial charge in [-0.25, -0.2) is 23.5 Å². The molecule has 1 amide bonds. The highest BCUT2D eigenvalue weighted by molar-refractivity contribution is 5.80. The predicted octanol–water partition coefficient (Wildman–Crippen LogP) is 5.40. The molecule has 3 N–H and O–H groups in total. The van der Waals surface area contributed by atoms with E-state index in [4.69, 9.17) is 4.74 Å². The molecular formula is C27H20F2N6O3. The van der Waals surface area contributed by atoms with Crippen LogP contribution < -0.4 is 20.6 Å². The van der Waals surface area contributed by atoms with Gasteiger partial charge in [-0.05, 0) is 66.6 Å². The first-order chi connectivity index (χ1) is 18.4. The molecule has 5 rings (SSSR count). The lowest BCUT2D eigenvalue weighted by molar-refractivity contribution is -0.106. The number of hydrogen-bond donors (Lipinski definition) is 3. The molecule has 0 unspecified atom stereocenters. The number of aromatic amines is 2. The second-order valence-corrected chi connectivity index (χ2v) is 8.16. The van der Waals surface area contributed by atoms with Crippen LogP contribution in [0.3, 0.4) is 0 Å². The number of benzene rings is 2. The summed E-state index contributed by atoms with van der Waals surface area (Å²) in [5.41, 5.74) is 2.65. The largest absolute Gasteiger partial charge is 0.452 e. The van der Waals surface area contributed by atoms with Crippen LogP contribution >= 0.6 is 0 Å². The normalized spacial score (nSPS) is 11.1. The zero-order valence-electron chi connectivity index (χ0n) is 19.9. The number of amides is 1. The van der Waals surface area contributed by atoms with Gasteiger partial charge < -0.3 is 15.0 Å². The van der Waals surface area contributed by atoms with E-state index in [0.717, 1.165) is 11.1 Å². The monoisotopic (exact) mass is 514 g/mol. The summed E-state index contributed by atoms with van der Waals surface area (Å²) in [5.74, 6) is -0.337. The van der Waals surface area contributed by atoms with Crippen LogP contribution in [0.15, 0.2) is 78.0 Å². The van der Waals surface area contributed by atoms with Gasteiger partial charge in [-0.1, -0.05) is 0 Å². The third-order valence-electron chi connectivity index (χ3n) is 5.70. The summed E-state index contributed by atoms with van der Waals surface area (Å²) in [4.78, 5) is 37.9. The third-order valence-corrected chi connectivity index (χ3v) is 5.70. The molecule has 3 heterocycles. The van der Waals surface area contributed by atoms with E-state index in [-0.39, 0.29) is 11.5 Å². The van der Waals surface area contributed by atoms with Crippen LogP contribution in [0.5, 0.6) is 11.5 Å². The number of hydrogen-bond acceptors (Lipinski definition) is 6. The van der Waals surface area contributed by atoms with Gasteiger partial charge in [0.25, 0.3) is 0 Å². The maximum atomic E-state index is 14.9. The quantitative estimate of drug-likeness (QED) is 0.239. The summed E-state index contributed by atoms with van der Waals surface area (Å²) < 4.78 is 33.8. The molecule has 0 radical (unpaired) electrons. The lowest BCUT2D eigenvalue weighted by Crippen LogP contribution is -2.12. The van der Waals surface area contributed by atoms with Crippen molar-refractivity contribution in [3.05, 3.63) is 106 Å². The molecule has 0 aliphatic carbocycles. The topological polar surface area (TPSA) is 116 Å². The molecule has 0 aliphatic heterocycles. The Labute approximate surface area is 214 Å². The average Bonchev–Trinajstić information content (AvgIpc) is 3.30. The van der Waals surface area contributed by atoms with Crippen LogP contribution in [-0.4, -0.2) is 26.3 Å². The van der Waals surface area contributed by atoms with Crippen molar-refractivity contribution < 1.29 is 18.3 Å². The average molecular weight is 514 g/mol. The van der Waals surface area contributed by atoms with Gasteiger partial charge in [-0.2, -0.15) is 0 Å². The number of anilines is 3. The van der Waals surface area contributed by atoms with Gasteiger partial charge in [0.15, 0.2) is 23.0 Å². The van der Waals surface area contributed by atoms with Gasteiger partial charge in [-0.15, -0.1) is 0 Å². The summed E-state index contributed by atoms with van der Waals surface area (Å²) in [6.07, 6.45) is 6.93. The number of rotatable bonds is 8. The highest BCUT2D eigenvalue weighted by Crippen LogP contribution is 2.31. The van der Waals surface area contributed by atoms with E-state index in [1.807, 2.05) is 6.92 Å². The highest BCUT2D eigenvalue weighted by atomic mass is 19.1. The lowest BCUT2D eigenvalue weighted by Gasteiger charge is -2.14. The Balaban J connectivity index is 1.34. The van der Waals surface area contributed by atoms with Crippen LogP contribution in [0.25, 0.3) is 17.2 Å². The number of fused-ring (bicyclic) bond motifs is 1. The number of imidazole rings is 1. The zero-order chi connectivity index (χ0) is 26.6. The van der Waals surface area contributed by atoms with Crippen molar-refractivity contribution in [1.82, 2.24) is 19.9 Å². The minimum absolute atomic E-state index is 0.0405. The van der Waals surface area contributed by atoms with Crippen molar-refractivity contribution in [2.24, 2.45) is 0 Å². The molecule has 9 nitrogen and oxygen atoms in total. The van der Waals surface area contributed by atoms with Crippen molar-refractivity contribution in [3.63, 3.8) is 0 Å². The Morgan fingerprint density at radius 1 is 0.974 bits per heavy atom. The van der Waals surface area contributed by atoms with Crippen molar-refractivity contribution in [1.29, 1.82) is 0 Å². The second-order valence-electron chi connectivity index (χ2n) is 8.16. The molecule has 38 heavy (non-hydrogen) atoms. The Kier molecular flexibility index (Phi) is 6.64. The van der Waals surface area contributed by atoms with Gasteiger partial charge in [0.2, 0.25) is 6.41 Å². The number of ether oxygens (including phenoxy) is 1. The smallest absolute Gasteiger partial charge is 0.325 e. The number of halogens is 2. The maximum Gasteiger partial charge on any atom is 0.325 e. The van der Waals surface area contributed by atoms with Crippen LogP contribution in [0, 0.1) is 18.6 Å². The van der Waals surface area contributed by atoms with Crippen LogP contribution in [0.2, 0.25) is 0 Å². The Hall–Kier alpha value is -5.32. The molecule has 0 atom stereocenters. The molecule has 0 saturated carbocycles. The van der Waals surface area contributed by atoms with E-state index in [2.05, 4.69) is 25.3 Å². The molecule has 0 spiro atoms. The summed E-state index contributed by atoms with van der Waals surface area (Å²) in [6.45, 7) is 1.83. The van der Waals surface area contributed by atoms with Crippen molar-refractivity contribution in [2.45, 2.75) is 6.92 Å². The molecule has 190 valence electrons. The van der Waals surface area contributed by atoms with E-state index < -0.39 is 17.3 Å². The van der Waals surface area contributed by atoms with Gasteiger partial charge in [0.05, 0.1) is 0 Å². The molecule has 3 aromatic heterocycles. The molecule has 5 aromatic rings. The molecule has 2 aromatic carbocycles. The highest BCUT2D eigenvalue weighted by Gasteiger charge is 2.12. The Morgan fingerprint density at radius 2 is 1.76 bits per heavy atom. The number of carbonyl (C=O) groups excluding carboxylic acids is 1. The van der Waals surface area contributed by atoms with E-state index in [0.29, 0.717) is 34.8 Å². The first kappa shape index (κ1) is 24.4. The van der Waals surface area contributed by atoms with Gasteiger partial charge in [0.1, 0.15) is 17.2 Å². The Bertz CT molecular complexity index is 1710. The Morgan fingerprint density at radius 3 is 2.53 bits per heavy atom. The predicted molar refractivity (Wildman–Crippen MR) is 139 cm³/mol. The number of H-pyrrole nitrogens is 2. The lowest BCUT2D eigenvalue weighted by atomic mass is 10.1. The molecule has 0 aliphatic rings. The fourth-order valence-corrected chi connectivity index (χ4v) is 3.73. The number of nitrogens with one attached hydrogen (secondary N) is 3. The first-order valence-electron chi connectivity index (χ1n) is 11.4. The minimum atomic E-state index is -0.632. The number of carbonyl (C=O) groups is 1. The molecule has 0 saturated heterocycles. The van der Waals surface area contributed by atoms with E-state index in [1.165, 1.54) is 53.6 Å². The number of pyridine rings is 2. The van der Waals surface area contributed by atoms with Crippen molar-refractivity contribution in [2.75, 3.05) is 10.2 Å². The summed E-state index contributed by atoms with van der Waals surface area (Å²) >= 11 is 0. The SMILES string of the molecule is Cc1c(/C=C\N(C=O)c2ccc(F)cc2)ccnc1Nc1ccc(Oc2ccnc3[nH]c(=O)[nH]c23)c(F)c1. The number of aromatic nitrogens is 4. The fourth-order valence-electron chi connectivity index (χ4n) is 3.73. The third kappa shape index (κ3) is 5.12. The van der Waals surface area contributed by atoms with E-state index in [9.17, 15) is 18.4 Å². The second kappa shape index (κ2) is 10.3. The molecular weight excluding hydrogens is 494 g/mol. The zero-order valence-corrected chi connectivity index (χ0v) is 19.9. The minimum Gasteiger partial charge on any atom is -0.452 e. The maximum absolute atomic E-state index is 14.9. The molecule has 0 fully saturated rings. The van der Waals surface area contributed by atoms with Crippen LogP contribution in [0.1, 0.15) is 11.1 Å². The van der Waals surface area contributed by atoms with Gasteiger partial charge in [0, 0.05) is 42.1 Å². The number of nitrogens with zero attached hydrogens (tertiary/aromatic N) is 3. The van der Waals surface area contributed by atoms with Gasteiger partial charge in [-0.3, -0.25) is 14.7 Å². The summed E-state index contributed by atoms with van der Waals surface area (Å²) in [7, 11) is 0. The fraction of sp³-hybridized carbons (Fsp3) is 0.0370. The summed E-state index contributed by atoms with van der Waals surface area (Å²) in [6, 6.07) is 13.2. The standard InChI is InChI=1S/C27H20F2N6O3/c1-16-17(10-13-35(15-36)20-5-2-18(28)3-6-20)8-11-30-25(16)32-19-4-7-22(21(29)14-19)38-23-9-12-31-26-24(23)33-27(37)34-26/h2-15H,1H3,(H,30,32)(H2,31,33,34,37)/b13-10-. The van der Waals surface area contributed by atoms with Crippen molar-refractivity contribution >= 4 is 40.8 Å². The van der Waals surface area contributed by atoms with Crippen LogP contribution in [-0.2, 0) is 4.79 Å². The molecule has 11 heteroatoms. The summed E-state index contributed by atoms with van der Waals surface area (Å²) in [5, 5.41) is 3.09. The van der Waals surface area contributed by atoms with Crippen molar-refractivity contribution in [3.8, 4) is 11.5 Å².